The Morgan fingerprint density at radius 1 is 1.35 bits per heavy atom. The van der Waals surface area contributed by atoms with Gasteiger partial charge in [-0.25, -0.2) is 0 Å². The molecule has 6 nitrogen and oxygen atoms in total. The minimum Gasteiger partial charge on any atom is -0.309 e. The van der Waals surface area contributed by atoms with E-state index in [1.165, 1.54) is 6.42 Å². The van der Waals surface area contributed by atoms with Crippen LogP contribution in [0.5, 0.6) is 0 Å². The van der Waals surface area contributed by atoms with Crippen molar-refractivity contribution in [3.05, 3.63) is 40.4 Å². The molecule has 0 amide bonds. The van der Waals surface area contributed by atoms with E-state index >= 15 is 0 Å². The predicted octanol–water partition coefficient (Wildman–Crippen LogP) is 3.31. The topological polar surface area (TPSA) is 78.9 Å². The molecule has 0 aliphatic carbocycles. The number of aryl methyl sites for hydroxylation is 2. The first-order chi connectivity index (χ1) is 11.2. The molecule has 2 heterocycles. The fraction of sp³-hybridized carbons (Fsp3) is 0.375. The maximum atomic E-state index is 9.42. The summed E-state index contributed by atoms with van der Waals surface area (Å²) in [6, 6.07) is 7.64. The highest BCUT2D eigenvalue weighted by Crippen LogP contribution is 2.20. The normalized spacial score (nSPS) is 14.7. The molecule has 0 fully saturated rings. The lowest BCUT2D eigenvalue weighted by Gasteiger charge is -2.06. The van der Waals surface area contributed by atoms with Crippen molar-refractivity contribution in [2.24, 2.45) is 5.10 Å². The number of fused-ring (bicyclic) bond motifs is 1. The van der Waals surface area contributed by atoms with Gasteiger partial charge in [0.25, 0.3) is 0 Å². The molecule has 0 radical (unpaired) electrons. The first-order valence-corrected chi connectivity index (χ1v) is 7.99. The molecular formula is C16H17ClN6. The number of aromatic nitrogens is 3. The Bertz CT molecular complexity index is 786. The third-order valence-corrected chi connectivity index (χ3v) is 4.30. The Balaban J connectivity index is 1.86. The Kier molecular flexibility index (Phi) is 4.58. The van der Waals surface area contributed by atoms with Crippen molar-refractivity contribution in [3.63, 3.8) is 0 Å². The second kappa shape index (κ2) is 6.80. The van der Waals surface area contributed by atoms with Gasteiger partial charge in [0.1, 0.15) is 11.9 Å². The van der Waals surface area contributed by atoms with Crippen LogP contribution in [0, 0.1) is 18.3 Å². The van der Waals surface area contributed by atoms with Gasteiger partial charge in [-0.2, -0.15) is 10.4 Å². The van der Waals surface area contributed by atoms with E-state index in [0.717, 1.165) is 42.9 Å². The molecule has 1 aromatic heterocycles. The van der Waals surface area contributed by atoms with Crippen LogP contribution in [0.1, 0.15) is 36.5 Å². The van der Waals surface area contributed by atoms with Crippen LogP contribution in [0.15, 0.2) is 23.3 Å². The van der Waals surface area contributed by atoms with Gasteiger partial charge in [0.2, 0.25) is 5.71 Å². The summed E-state index contributed by atoms with van der Waals surface area (Å²) in [6.45, 7) is 2.76. The lowest BCUT2D eigenvalue weighted by atomic mass is 10.2. The highest BCUT2D eigenvalue weighted by atomic mass is 35.5. The average molecular weight is 329 g/mol. The van der Waals surface area contributed by atoms with Crippen LogP contribution in [0.25, 0.3) is 0 Å². The Hall–Kier alpha value is -2.39. The summed E-state index contributed by atoms with van der Waals surface area (Å²) in [5.41, 5.74) is 4.81. The summed E-state index contributed by atoms with van der Waals surface area (Å²) >= 11 is 6.10. The minimum atomic E-state index is 0.224. The molecule has 0 spiro atoms. The van der Waals surface area contributed by atoms with Crippen molar-refractivity contribution in [2.45, 2.75) is 39.2 Å². The molecule has 0 atom stereocenters. The zero-order valence-electron chi connectivity index (χ0n) is 12.9. The SMILES string of the molecule is Cc1ccc(N/N=C(\C#N)c2nnc3n2CCCCC3)cc1Cl. The maximum absolute atomic E-state index is 9.42. The summed E-state index contributed by atoms with van der Waals surface area (Å²) in [5.74, 6) is 1.45. The van der Waals surface area contributed by atoms with Crippen LogP contribution in [-0.2, 0) is 13.0 Å². The highest BCUT2D eigenvalue weighted by Gasteiger charge is 2.18. The zero-order valence-corrected chi connectivity index (χ0v) is 13.6. The van der Waals surface area contributed by atoms with Gasteiger partial charge in [-0.05, 0) is 37.5 Å². The predicted molar refractivity (Wildman–Crippen MR) is 89.5 cm³/mol. The second-order valence-corrected chi connectivity index (χ2v) is 5.96. The number of hydrogen-bond donors (Lipinski definition) is 1. The molecule has 118 valence electrons. The van der Waals surface area contributed by atoms with Crippen molar-refractivity contribution < 1.29 is 0 Å². The summed E-state index contributed by atoms with van der Waals surface area (Å²) in [6.07, 6.45) is 4.24. The monoisotopic (exact) mass is 328 g/mol. The summed E-state index contributed by atoms with van der Waals surface area (Å²) in [7, 11) is 0. The van der Waals surface area contributed by atoms with E-state index in [0.29, 0.717) is 10.8 Å². The van der Waals surface area contributed by atoms with Crippen LogP contribution in [0.4, 0.5) is 5.69 Å². The van der Waals surface area contributed by atoms with Crippen molar-refractivity contribution >= 4 is 23.0 Å². The molecule has 1 N–H and O–H groups in total. The second-order valence-electron chi connectivity index (χ2n) is 5.55. The molecule has 1 aromatic carbocycles. The molecule has 1 aliphatic rings. The largest absolute Gasteiger partial charge is 0.309 e. The molecule has 0 bridgehead atoms. The summed E-state index contributed by atoms with van der Waals surface area (Å²) in [4.78, 5) is 0. The van der Waals surface area contributed by atoms with Crippen molar-refractivity contribution in [1.29, 1.82) is 5.26 Å². The van der Waals surface area contributed by atoms with Crippen LogP contribution >= 0.6 is 11.6 Å². The molecular weight excluding hydrogens is 312 g/mol. The van der Waals surface area contributed by atoms with Gasteiger partial charge in [-0.1, -0.05) is 24.1 Å². The van der Waals surface area contributed by atoms with E-state index in [1.807, 2.05) is 23.6 Å². The van der Waals surface area contributed by atoms with Gasteiger partial charge in [0.15, 0.2) is 5.82 Å². The average Bonchev–Trinajstić information content (AvgIpc) is 2.80. The Labute approximate surface area is 139 Å². The lowest BCUT2D eigenvalue weighted by Crippen LogP contribution is -2.12. The highest BCUT2D eigenvalue weighted by molar-refractivity contribution is 6.31. The number of halogens is 1. The van der Waals surface area contributed by atoms with Gasteiger partial charge >= 0.3 is 0 Å². The number of nitrogens with zero attached hydrogens (tertiary/aromatic N) is 5. The van der Waals surface area contributed by atoms with Crippen LogP contribution < -0.4 is 5.43 Å². The molecule has 2 aromatic rings. The van der Waals surface area contributed by atoms with Gasteiger partial charge in [0, 0.05) is 18.0 Å². The molecule has 0 saturated carbocycles. The Morgan fingerprint density at radius 3 is 3.00 bits per heavy atom. The van der Waals surface area contributed by atoms with Crippen LogP contribution in [0.2, 0.25) is 5.02 Å². The van der Waals surface area contributed by atoms with Crippen LogP contribution in [-0.4, -0.2) is 20.5 Å². The number of rotatable bonds is 3. The molecule has 0 saturated heterocycles. The molecule has 23 heavy (non-hydrogen) atoms. The fourth-order valence-corrected chi connectivity index (χ4v) is 2.75. The molecule has 1 aliphatic heterocycles. The molecule has 0 unspecified atom stereocenters. The number of hydrogen-bond acceptors (Lipinski definition) is 5. The molecule has 7 heteroatoms. The summed E-state index contributed by atoms with van der Waals surface area (Å²) < 4.78 is 2.00. The fourth-order valence-electron chi connectivity index (χ4n) is 2.57. The standard InChI is InChI=1S/C16H17ClN6/c1-11-6-7-12(9-13(11)17)19-20-14(10-18)16-22-21-15-5-3-2-4-8-23(15)16/h6-7,9,19H,2-5,8H2,1H3/b20-14+. The number of anilines is 1. The van der Waals surface area contributed by atoms with E-state index in [4.69, 9.17) is 11.6 Å². The zero-order chi connectivity index (χ0) is 16.2. The van der Waals surface area contributed by atoms with Gasteiger partial charge in [0.05, 0.1) is 5.69 Å². The van der Waals surface area contributed by atoms with E-state index < -0.39 is 0 Å². The number of nitriles is 1. The van der Waals surface area contributed by atoms with E-state index in [1.54, 1.807) is 6.07 Å². The van der Waals surface area contributed by atoms with Crippen molar-refractivity contribution in [3.8, 4) is 6.07 Å². The van der Waals surface area contributed by atoms with E-state index in [-0.39, 0.29) is 5.71 Å². The van der Waals surface area contributed by atoms with Gasteiger partial charge in [-0.3, -0.25) is 5.43 Å². The lowest BCUT2D eigenvalue weighted by molar-refractivity contribution is 0.628. The van der Waals surface area contributed by atoms with E-state index in [2.05, 4.69) is 26.8 Å². The molecule has 3 rings (SSSR count). The maximum Gasteiger partial charge on any atom is 0.205 e. The first-order valence-electron chi connectivity index (χ1n) is 7.61. The first kappa shape index (κ1) is 15.5. The quantitative estimate of drug-likeness (QED) is 0.692. The Morgan fingerprint density at radius 2 is 2.22 bits per heavy atom. The number of benzene rings is 1. The van der Waals surface area contributed by atoms with Gasteiger partial charge < -0.3 is 4.57 Å². The smallest absolute Gasteiger partial charge is 0.205 e. The van der Waals surface area contributed by atoms with Crippen molar-refractivity contribution in [2.75, 3.05) is 5.43 Å². The minimum absolute atomic E-state index is 0.224. The van der Waals surface area contributed by atoms with Crippen molar-refractivity contribution in [1.82, 2.24) is 14.8 Å². The van der Waals surface area contributed by atoms with Gasteiger partial charge in [-0.15, -0.1) is 10.2 Å². The van der Waals surface area contributed by atoms with Crippen LogP contribution in [0.3, 0.4) is 0 Å². The van der Waals surface area contributed by atoms with E-state index in [9.17, 15) is 5.26 Å². The summed E-state index contributed by atoms with van der Waals surface area (Å²) in [5, 5.41) is 22.6. The third-order valence-electron chi connectivity index (χ3n) is 3.90. The number of nitrogens with one attached hydrogen (secondary N) is 1. The third kappa shape index (κ3) is 3.35. The number of hydrazone groups is 1.